The Kier molecular flexibility index (Phi) is 7.84. The quantitative estimate of drug-likeness (QED) is 0.211. The van der Waals surface area contributed by atoms with Crippen LogP contribution in [-0.4, -0.2) is 22.1 Å². The first-order valence-electron chi connectivity index (χ1n) is 13.2. The van der Waals surface area contributed by atoms with Gasteiger partial charge in [0.25, 0.3) is 0 Å². The molecule has 1 heterocycles. The average molecular weight is 504 g/mol. The molecule has 0 radical (unpaired) electrons. The van der Waals surface area contributed by atoms with E-state index >= 15 is 0 Å². The van der Waals surface area contributed by atoms with Crippen LogP contribution in [0, 0.1) is 6.92 Å². The maximum absolute atomic E-state index is 13.0. The molecule has 0 aliphatic carbocycles. The lowest BCUT2D eigenvalue weighted by Crippen LogP contribution is -2.30. The van der Waals surface area contributed by atoms with Crippen molar-refractivity contribution in [2.75, 3.05) is 6.61 Å². The van der Waals surface area contributed by atoms with Crippen molar-refractivity contribution in [1.82, 2.24) is 14.9 Å². The number of carbonyl (C=O) groups is 1. The van der Waals surface area contributed by atoms with Crippen LogP contribution in [0.5, 0.6) is 5.75 Å². The minimum atomic E-state index is -0.226. The molecule has 1 aromatic heterocycles. The molecule has 5 nitrogen and oxygen atoms in total. The minimum Gasteiger partial charge on any atom is -0.493 e. The molecule has 1 unspecified atom stereocenters. The molecule has 4 aromatic carbocycles. The van der Waals surface area contributed by atoms with Gasteiger partial charge < -0.3 is 14.6 Å². The van der Waals surface area contributed by atoms with Crippen molar-refractivity contribution >= 4 is 16.9 Å². The highest BCUT2D eigenvalue weighted by Crippen LogP contribution is 2.23. The number of nitrogens with one attached hydrogen (secondary N) is 1. The zero-order valence-corrected chi connectivity index (χ0v) is 21.9. The monoisotopic (exact) mass is 503 g/mol. The van der Waals surface area contributed by atoms with Crippen molar-refractivity contribution in [2.45, 2.75) is 39.3 Å². The summed E-state index contributed by atoms with van der Waals surface area (Å²) >= 11 is 0. The molecule has 0 saturated heterocycles. The Morgan fingerprint density at radius 2 is 1.55 bits per heavy atom. The van der Waals surface area contributed by atoms with E-state index in [1.807, 2.05) is 73.7 Å². The Bertz CT molecular complexity index is 1510. The van der Waals surface area contributed by atoms with Gasteiger partial charge in [-0.1, -0.05) is 84.9 Å². The molecule has 5 rings (SSSR count). The first kappa shape index (κ1) is 25.3. The number of rotatable bonds is 10. The van der Waals surface area contributed by atoms with Gasteiger partial charge in [0.2, 0.25) is 5.91 Å². The van der Waals surface area contributed by atoms with E-state index in [4.69, 9.17) is 9.72 Å². The lowest BCUT2D eigenvalue weighted by molar-refractivity contribution is -0.121. The summed E-state index contributed by atoms with van der Waals surface area (Å²) in [5, 5.41) is 3.16. The van der Waals surface area contributed by atoms with Gasteiger partial charge in [0.15, 0.2) is 0 Å². The lowest BCUT2D eigenvalue weighted by Gasteiger charge is -2.17. The minimum absolute atomic E-state index is 0.0218. The van der Waals surface area contributed by atoms with Crippen LogP contribution in [0.25, 0.3) is 22.2 Å². The van der Waals surface area contributed by atoms with E-state index in [-0.39, 0.29) is 11.9 Å². The number of ether oxygens (including phenoxy) is 1. The smallest absolute Gasteiger partial charge is 0.224 e. The summed E-state index contributed by atoms with van der Waals surface area (Å²) in [7, 11) is 0. The third-order valence-corrected chi connectivity index (χ3v) is 6.75. The number of amides is 1. The van der Waals surface area contributed by atoms with Gasteiger partial charge in [-0.25, -0.2) is 4.98 Å². The number of hydrogen-bond donors (Lipinski definition) is 1. The molecule has 0 saturated carbocycles. The summed E-state index contributed by atoms with van der Waals surface area (Å²) in [5.74, 6) is 1.75. The van der Waals surface area contributed by atoms with Gasteiger partial charge >= 0.3 is 0 Å². The number of imidazole rings is 1. The second-order valence-corrected chi connectivity index (χ2v) is 9.61. The predicted molar refractivity (Wildman–Crippen MR) is 153 cm³/mol. The fourth-order valence-corrected chi connectivity index (χ4v) is 4.77. The molecule has 0 fully saturated rings. The molecule has 1 amide bonds. The fraction of sp³-hybridized carbons (Fsp3) is 0.212. The maximum Gasteiger partial charge on any atom is 0.224 e. The van der Waals surface area contributed by atoms with E-state index in [2.05, 4.69) is 53.2 Å². The fourth-order valence-electron chi connectivity index (χ4n) is 4.77. The number of benzene rings is 4. The van der Waals surface area contributed by atoms with E-state index < -0.39 is 0 Å². The van der Waals surface area contributed by atoms with Crippen LogP contribution >= 0.6 is 0 Å². The highest BCUT2D eigenvalue weighted by Gasteiger charge is 2.18. The molecular weight excluding hydrogens is 470 g/mol. The summed E-state index contributed by atoms with van der Waals surface area (Å²) in [4.78, 5) is 17.8. The van der Waals surface area contributed by atoms with E-state index in [9.17, 15) is 4.79 Å². The Hall–Kier alpha value is -4.38. The van der Waals surface area contributed by atoms with Crippen LogP contribution in [0.3, 0.4) is 0 Å². The summed E-state index contributed by atoms with van der Waals surface area (Å²) in [5.41, 5.74) is 6.42. The van der Waals surface area contributed by atoms with Crippen LogP contribution in [0.1, 0.15) is 36.3 Å². The second-order valence-electron chi connectivity index (χ2n) is 9.61. The van der Waals surface area contributed by atoms with Crippen molar-refractivity contribution in [3.8, 4) is 16.9 Å². The molecule has 5 aromatic rings. The molecule has 1 N–H and O–H groups in total. The third-order valence-electron chi connectivity index (χ3n) is 6.75. The topological polar surface area (TPSA) is 56.1 Å². The van der Waals surface area contributed by atoms with Crippen molar-refractivity contribution in [2.24, 2.45) is 0 Å². The molecule has 38 heavy (non-hydrogen) atoms. The first-order valence-corrected chi connectivity index (χ1v) is 13.2. The number of hydrogen-bond acceptors (Lipinski definition) is 3. The van der Waals surface area contributed by atoms with Gasteiger partial charge in [0.05, 0.1) is 30.1 Å². The number of fused-ring (bicyclic) bond motifs is 1. The Labute approximate surface area is 224 Å². The number of aromatic nitrogens is 2. The highest BCUT2D eigenvalue weighted by atomic mass is 16.5. The van der Waals surface area contributed by atoms with Crippen LogP contribution < -0.4 is 10.1 Å². The summed E-state index contributed by atoms with van der Waals surface area (Å²) in [6, 6.07) is 34.4. The second kappa shape index (κ2) is 11.8. The molecular formula is C33H33N3O2. The van der Waals surface area contributed by atoms with Crippen LogP contribution in [0.2, 0.25) is 0 Å². The van der Waals surface area contributed by atoms with Crippen molar-refractivity contribution in [1.29, 1.82) is 0 Å². The van der Waals surface area contributed by atoms with Crippen molar-refractivity contribution < 1.29 is 9.53 Å². The molecule has 1 atom stereocenters. The van der Waals surface area contributed by atoms with Crippen LogP contribution in [-0.2, 0) is 17.8 Å². The molecule has 0 aliphatic heterocycles. The normalized spacial score (nSPS) is 11.8. The molecule has 0 spiro atoms. The van der Waals surface area contributed by atoms with Gasteiger partial charge in [0, 0.05) is 6.54 Å². The Morgan fingerprint density at radius 3 is 2.34 bits per heavy atom. The van der Waals surface area contributed by atoms with Crippen molar-refractivity contribution in [3.63, 3.8) is 0 Å². The van der Waals surface area contributed by atoms with Crippen LogP contribution in [0.4, 0.5) is 0 Å². The van der Waals surface area contributed by atoms with E-state index in [0.29, 0.717) is 13.0 Å². The molecule has 0 aliphatic rings. The van der Waals surface area contributed by atoms with Gasteiger partial charge in [-0.15, -0.1) is 0 Å². The number of nitrogens with zero attached hydrogens (tertiary/aromatic N) is 2. The van der Waals surface area contributed by atoms with Crippen molar-refractivity contribution in [3.05, 3.63) is 120 Å². The van der Waals surface area contributed by atoms with E-state index in [1.54, 1.807) is 0 Å². The SMILES string of the molecule is Cc1ccccc1OCCCn1c(C(C)NC(=O)Cc2ccc(-c3ccccc3)cc2)nc2ccccc21. The van der Waals surface area contributed by atoms with Gasteiger partial charge in [0.1, 0.15) is 11.6 Å². The van der Waals surface area contributed by atoms with Crippen LogP contribution in [0.15, 0.2) is 103 Å². The predicted octanol–water partition coefficient (Wildman–Crippen LogP) is 6.90. The Balaban J connectivity index is 1.23. The standard InChI is InChI=1S/C33H33N3O2/c1-24-11-6-9-16-31(24)38-22-10-21-36-30-15-8-7-14-29(30)35-33(36)25(2)34-32(37)23-26-17-19-28(20-18-26)27-12-4-3-5-13-27/h3-9,11-20,25H,10,21-23H2,1-2H3,(H,34,37). The number of carbonyl (C=O) groups excluding carboxylic acids is 1. The largest absolute Gasteiger partial charge is 0.493 e. The van der Waals surface area contributed by atoms with E-state index in [0.717, 1.165) is 52.3 Å². The van der Waals surface area contributed by atoms with Gasteiger partial charge in [-0.2, -0.15) is 0 Å². The summed E-state index contributed by atoms with van der Waals surface area (Å²) in [6.07, 6.45) is 1.15. The third kappa shape index (κ3) is 5.94. The molecule has 192 valence electrons. The zero-order valence-electron chi connectivity index (χ0n) is 21.9. The Morgan fingerprint density at radius 1 is 0.868 bits per heavy atom. The first-order chi connectivity index (χ1) is 18.6. The summed E-state index contributed by atoms with van der Waals surface area (Å²) < 4.78 is 8.22. The van der Waals surface area contributed by atoms with E-state index in [1.165, 1.54) is 5.56 Å². The maximum atomic E-state index is 13.0. The molecule has 5 heteroatoms. The van der Waals surface area contributed by atoms with Gasteiger partial charge in [-0.3, -0.25) is 4.79 Å². The average Bonchev–Trinajstić information content (AvgIpc) is 3.31. The number of aryl methyl sites for hydroxylation is 2. The zero-order chi connectivity index (χ0) is 26.3. The summed E-state index contributed by atoms with van der Waals surface area (Å²) in [6.45, 7) is 5.41. The number of para-hydroxylation sites is 3. The highest BCUT2D eigenvalue weighted by molar-refractivity contribution is 5.80. The molecule has 0 bridgehead atoms. The van der Waals surface area contributed by atoms with Gasteiger partial charge in [-0.05, 0) is 60.7 Å². The lowest BCUT2D eigenvalue weighted by atomic mass is 10.0.